The smallest absolute Gasteiger partial charge is 0.408 e. The molecule has 9 N–H and O–H groups in total. The molecule has 14 nitrogen and oxygen atoms in total. The summed E-state index contributed by atoms with van der Waals surface area (Å²) < 4.78 is 5.38. The molecule has 1 aromatic heterocycles. The quantitative estimate of drug-likeness (QED) is 0.0807. The molecule has 3 aromatic rings. The minimum Gasteiger partial charge on any atom is -0.445 e. The second-order valence-corrected chi connectivity index (χ2v) is 13.3. The highest BCUT2D eigenvalue weighted by molar-refractivity contribution is 5.91. The highest BCUT2D eigenvalue weighted by Gasteiger charge is 2.32. The van der Waals surface area contributed by atoms with Crippen LogP contribution in [0.1, 0.15) is 63.8 Å². The summed E-state index contributed by atoms with van der Waals surface area (Å²) in [6.45, 7) is 7.46. The number of aliphatic hydroxyl groups excluding tert-OH is 2. The highest BCUT2D eigenvalue weighted by Crippen LogP contribution is 2.15. The van der Waals surface area contributed by atoms with Gasteiger partial charge in [-0.25, -0.2) is 9.78 Å². The van der Waals surface area contributed by atoms with Gasteiger partial charge in [0.15, 0.2) is 0 Å². The first-order valence-corrected chi connectivity index (χ1v) is 17.4. The molecule has 2 aromatic carbocycles. The fourth-order valence-corrected chi connectivity index (χ4v) is 5.45. The molecule has 14 heteroatoms. The number of amides is 4. The van der Waals surface area contributed by atoms with Crippen molar-refractivity contribution in [1.82, 2.24) is 31.2 Å². The summed E-state index contributed by atoms with van der Waals surface area (Å²) in [5.41, 5.74) is 8.34. The number of hydrogen-bond donors (Lipinski definition) is 8. The summed E-state index contributed by atoms with van der Waals surface area (Å²) in [5, 5.41) is 31.9. The first-order valence-electron chi connectivity index (χ1n) is 17.4. The van der Waals surface area contributed by atoms with Gasteiger partial charge in [0.2, 0.25) is 17.7 Å². The van der Waals surface area contributed by atoms with Crippen LogP contribution in [-0.2, 0) is 38.6 Å². The zero-order valence-corrected chi connectivity index (χ0v) is 29.8. The average molecular weight is 708 g/mol. The molecule has 3 unspecified atom stereocenters. The summed E-state index contributed by atoms with van der Waals surface area (Å²) >= 11 is 0. The van der Waals surface area contributed by atoms with Gasteiger partial charge in [0.25, 0.3) is 0 Å². The van der Waals surface area contributed by atoms with E-state index in [4.69, 9.17) is 10.5 Å². The SMILES string of the molecule is CCC(C)[C@@H](CO)NC(=O)CC(O)C(CC(C)C)NC(=O)[C@H](Cc1c[nH]cn1)NC(=O)[C@H](Cc1ccc(N)cc1)NC(=O)OCc1ccccc1. The van der Waals surface area contributed by atoms with Crippen LogP contribution in [0.25, 0.3) is 0 Å². The van der Waals surface area contributed by atoms with Gasteiger partial charge in [0, 0.05) is 24.7 Å². The van der Waals surface area contributed by atoms with E-state index in [0.717, 1.165) is 12.0 Å². The first-order chi connectivity index (χ1) is 24.4. The van der Waals surface area contributed by atoms with Gasteiger partial charge in [-0.15, -0.1) is 0 Å². The molecule has 0 fully saturated rings. The Labute approximate surface area is 299 Å². The fourth-order valence-electron chi connectivity index (χ4n) is 5.45. The van der Waals surface area contributed by atoms with Gasteiger partial charge >= 0.3 is 6.09 Å². The zero-order chi connectivity index (χ0) is 37.3. The van der Waals surface area contributed by atoms with Crippen molar-refractivity contribution >= 4 is 29.5 Å². The predicted molar refractivity (Wildman–Crippen MR) is 193 cm³/mol. The van der Waals surface area contributed by atoms with Crippen LogP contribution in [0.15, 0.2) is 67.1 Å². The predicted octanol–water partition coefficient (Wildman–Crippen LogP) is 2.36. The number of carbonyl (C=O) groups is 4. The molecule has 0 saturated heterocycles. The van der Waals surface area contributed by atoms with Gasteiger partial charge in [-0.2, -0.15) is 0 Å². The highest BCUT2D eigenvalue weighted by atomic mass is 16.5. The van der Waals surface area contributed by atoms with Crippen molar-refractivity contribution in [2.45, 2.75) is 96.7 Å². The van der Waals surface area contributed by atoms with Crippen molar-refractivity contribution in [3.8, 4) is 0 Å². The largest absolute Gasteiger partial charge is 0.445 e. The molecule has 0 radical (unpaired) electrons. The molecule has 3 rings (SSSR count). The number of benzene rings is 2. The number of H-pyrrole nitrogens is 1. The minimum absolute atomic E-state index is 0.00775. The normalized spacial score (nSPS) is 14.7. The fraction of sp³-hybridized carbons (Fsp3) is 0.486. The maximum Gasteiger partial charge on any atom is 0.408 e. The van der Waals surface area contributed by atoms with Crippen molar-refractivity contribution in [3.05, 3.63) is 83.9 Å². The van der Waals surface area contributed by atoms with E-state index in [1.54, 1.807) is 42.6 Å². The third-order valence-corrected chi connectivity index (χ3v) is 8.63. The van der Waals surface area contributed by atoms with Gasteiger partial charge < -0.3 is 46.9 Å². The van der Waals surface area contributed by atoms with Crippen molar-refractivity contribution < 1.29 is 34.1 Å². The number of hydrogen-bond acceptors (Lipinski definition) is 9. The van der Waals surface area contributed by atoms with E-state index >= 15 is 0 Å². The molecule has 6 atom stereocenters. The monoisotopic (exact) mass is 707 g/mol. The van der Waals surface area contributed by atoms with Crippen molar-refractivity contribution in [2.75, 3.05) is 12.3 Å². The number of alkyl carbamates (subject to hydrolysis) is 1. The molecular formula is C37H53N7O7. The zero-order valence-electron chi connectivity index (χ0n) is 29.8. The Bertz CT molecular complexity index is 1500. The number of aromatic nitrogens is 2. The Kier molecular flexibility index (Phi) is 16.4. The molecule has 0 bridgehead atoms. The molecule has 0 aliphatic carbocycles. The van der Waals surface area contributed by atoms with Gasteiger partial charge in [-0.05, 0) is 41.5 Å². The number of rotatable bonds is 20. The number of anilines is 1. The number of aliphatic hydroxyl groups is 2. The number of nitrogen functional groups attached to an aromatic ring is 1. The van der Waals surface area contributed by atoms with Gasteiger partial charge in [0.05, 0.1) is 43.2 Å². The Morgan fingerprint density at radius 1 is 0.863 bits per heavy atom. The van der Waals surface area contributed by atoms with E-state index in [2.05, 4.69) is 31.2 Å². The standard InChI is InChI=1S/C37H53N7O7/c1-5-24(4)32(20-45)41-34(47)18-33(46)29(15-23(2)3)42-36(49)31(17-28-19-39-22-40-28)43-35(48)30(16-25-11-13-27(38)14-12-25)44-37(50)51-21-26-9-7-6-8-10-26/h6-14,19,22-24,29-33,45-46H,5,15-18,20-21,38H2,1-4H3,(H,39,40)(H,41,47)(H,42,49)(H,43,48)(H,44,50)/t24?,29?,30-,31-,32+,33?/m0/s1. The summed E-state index contributed by atoms with van der Waals surface area (Å²) in [4.78, 5) is 60.6. The molecule has 278 valence electrons. The lowest BCUT2D eigenvalue weighted by Gasteiger charge is -2.29. The van der Waals surface area contributed by atoms with E-state index in [1.807, 2.05) is 45.9 Å². The van der Waals surface area contributed by atoms with E-state index in [1.165, 1.54) is 6.33 Å². The molecule has 0 aliphatic heterocycles. The minimum atomic E-state index is -1.26. The molecular weight excluding hydrogens is 654 g/mol. The van der Waals surface area contributed by atoms with Crippen molar-refractivity contribution in [3.63, 3.8) is 0 Å². The maximum atomic E-state index is 13.9. The molecule has 0 saturated carbocycles. The van der Waals surface area contributed by atoms with Crippen LogP contribution >= 0.6 is 0 Å². The summed E-state index contributed by atoms with van der Waals surface area (Å²) in [5.74, 6) is -1.66. The number of ether oxygens (including phenoxy) is 1. The molecule has 51 heavy (non-hydrogen) atoms. The number of nitrogens with zero attached hydrogens (tertiary/aromatic N) is 1. The van der Waals surface area contributed by atoms with Gasteiger partial charge in [-0.1, -0.05) is 76.6 Å². The van der Waals surface area contributed by atoms with E-state index in [0.29, 0.717) is 23.4 Å². The Morgan fingerprint density at radius 3 is 2.14 bits per heavy atom. The van der Waals surface area contributed by atoms with Crippen LogP contribution < -0.4 is 27.0 Å². The molecule has 4 amide bonds. The lowest BCUT2D eigenvalue weighted by molar-refractivity contribution is -0.131. The second kappa shape index (κ2) is 20.7. The van der Waals surface area contributed by atoms with Crippen LogP contribution in [0.4, 0.5) is 10.5 Å². The van der Waals surface area contributed by atoms with Crippen LogP contribution in [0.2, 0.25) is 0 Å². The number of nitrogens with two attached hydrogens (primary N) is 1. The third-order valence-electron chi connectivity index (χ3n) is 8.63. The van der Waals surface area contributed by atoms with E-state index in [9.17, 15) is 29.4 Å². The van der Waals surface area contributed by atoms with Crippen molar-refractivity contribution in [2.24, 2.45) is 11.8 Å². The number of aromatic amines is 1. The Balaban J connectivity index is 1.79. The van der Waals surface area contributed by atoms with Crippen molar-refractivity contribution in [1.29, 1.82) is 0 Å². The molecule has 1 heterocycles. The second-order valence-electron chi connectivity index (χ2n) is 13.3. The molecule has 0 aliphatic rings. The lowest BCUT2D eigenvalue weighted by Crippen LogP contribution is -2.57. The first kappa shape index (κ1) is 40.5. The number of nitrogens with one attached hydrogen (secondary N) is 5. The van der Waals surface area contributed by atoms with Crippen LogP contribution in [0.5, 0.6) is 0 Å². The molecule has 0 spiro atoms. The van der Waals surface area contributed by atoms with E-state index < -0.39 is 54.1 Å². The van der Waals surface area contributed by atoms with Crippen LogP contribution in [0, 0.1) is 11.8 Å². The van der Waals surface area contributed by atoms with Gasteiger partial charge in [0.1, 0.15) is 18.7 Å². The average Bonchev–Trinajstić information content (AvgIpc) is 3.62. The van der Waals surface area contributed by atoms with E-state index in [-0.39, 0.29) is 44.3 Å². The van der Waals surface area contributed by atoms with Gasteiger partial charge in [-0.3, -0.25) is 14.4 Å². The maximum absolute atomic E-state index is 13.9. The third kappa shape index (κ3) is 14.1. The Morgan fingerprint density at radius 2 is 1.53 bits per heavy atom. The van der Waals surface area contributed by atoms with Crippen LogP contribution in [0.3, 0.4) is 0 Å². The van der Waals surface area contributed by atoms with Crippen LogP contribution in [-0.4, -0.2) is 80.9 Å². The summed E-state index contributed by atoms with van der Waals surface area (Å²) in [6, 6.07) is 12.3. The number of imidazole rings is 1. The number of carbonyl (C=O) groups excluding carboxylic acids is 4. The summed E-state index contributed by atoms with van der Waals surface area (Å²) in [6.07, 6.45) is 1.80. The summed E-state index contributed by atoms with van der Waals surface area (Å²) in [7, 11) is 0. The topological polar surface area (TPSA) is 221 Å². The Hall–Kier alpha value is -4.95. The lowest BCUT2D eigenvalue weighted by atomic mass is 9.95.